The van der Waals surface area contributed by atoms with Crippen LogP contribution in [0.2, 0.25) is 0 Å². The predicted molar refractivity (Wildman–Crippen MR) is 146 cm³/mol. The van der Waals surface area contributed by atoms with Crippen LogP contribution in [0.4, 0.5) is 0 Å². The molecule has 3 aromatic carbocycles. The second-order valence-corrected chi connectivity index (χ2v) is 10.2. The van der Waals surface area contributed by atoms with Crippen LogP contribution >= 0.6 is 0 Å². The largest absolute Gasteiger partial charge is 0.352 e. The molecule has 1 aliphatic carbocycles. The van der Waals surface area contributed by atoms with E-state index in [9.17, 15) is 9.59 Å². The number of nitrogens with one attached hydrogen (secondary N) is 1. The van der Waals surface area contributed by atoms with Gasteiger partial charge in [0.15, 0.2) is 0 Å². The summed E-state index contributed by atoms with van der Waals surface area (Å²) in [7, 11) is 0. The van der Waals surface area contributed by atoms with Gasteiger partial charge in [0.25, 0.3) is 0 Å². The molecule has 36 heavy (non-hydrogen) atoms. The lowest BCUT2D eigenvalue weighted by molar-refractivity contribution is -0.141. The minimum Gasteiger partial charge on any atom is -0.352 e. The summed E-state index contributed by atoms with van der Waals surface area (Å²) in [5, 5.41) is 3.31. The number of amides is 2. The van der Waals surface area contributed by atoms with Gasteiger partial charge in [0.1, 0.15) is 6.04 Å². The second-order valence-electron chi connectivity index (χ2n) is 10.2. The molecule has 0 spiro atoms. The van der Waals surface area contributed by atoms with Gasteiger partial charge in [-0.3, -0.25) is 9.59 Å². The van der Waals surface area contributed by atoms with Crippen molar-refractivity contribution in [3.05, 3.63) is 107 Å². The van der Waals surface area contributed by atoms with Gasteiger partial charge in [0.2, 0.25) is 11.8 Å². The zero-order valence-electron chi connectivity index (χ0n) is 21.6. The van der Waals surface area contributed by atoms with Gasteiger partial charge in [-0.15, -0.1) is 0 Å². The highest BCUT2D eigenvalue weighted by atomic mass is 16.2. The van der Waals surface area contributed by atoms with Crippen molar-refractivity contribution in [3.8, 4) is 0 Å². The van der Waals surface area contributed by atoms with Crippen LogP contribution in [0.1, 0.15) is 59.9 Å². The number of hydrogen-bond donors (Lipinski definition) is 1. The molecule has 0 bridgehead atoms. The Balaban J connectivity index is 1.65. The molecule has 0 heterocycles. The third-order valence-corrected chi connectivity index (χ3v) is 7.30. The lowest BCUT2D eigenvalue weighted by Gasteiger charge is -2.34. The molecule has 188 valence electrons. The minimum atomic E-state index is -0.577. The van der Waals surface area contributed by atoms with Gasteiger partial charge in [-0.2, -0.15) is 0 Å². The lowest BCUT2D eigenvalue weighted by atomic mass is 9.94. The smallest absolute Gasteiger partial charge is 0.243 e. The van der Waals surface area contributed by atoms with E-state index in [1.54, 1.807) is 0 Å². The molecule has 1 saturated carbocycles. The van der Waals surface area contributed by atoms with Gasteiger partial charge in [0, 0.05) is 19.0 Å². The minimum absolute atomic E-state index is 0.0261. The number of nitrogens with zero attached hydrogens (tertiary/aromatic N) is 1. The fraction of sp³-hybridized carbons (Fsp3) is 0.375. The van der Waals surface area contributed by atoms with Crippen LogP contribution in [0, 0.1) is 13.8 Å². The van der Waals surface area contributed by atoms with Crippen molar-refractivity contribution in [3.63, 3.8) is 0 Å². The summed E-state index contributed by atoms with van der Waals surface area (Å²) in [6.07, 6.45) is 6.31. The molecule has 0 saturated heterocycles. The molecule has 4 heteroatoms. The molecule has 1 aliphatic rings. The summed E-state index contributed by atoms with van der Waals surface area (Å²) in [5.74, 6) is -0.0709. The van der Waals surface area contributed by atoms with Gasteiger partial charge in [0.05, 0.1) is 6.42 Å². The number of rotatable bonds is 9. The number of benzene rings is 3. The zero-order chi connectivity index (χ0) is 25.3. The van der Waals surface area contributed by atoms with Crippen molar-refractivity contribution >= 4 is 11.8 Å². The third-order valence-electron chi connectivity index (χ3n) is 7.30. The molecule has 0 radical (unpaired) electrons. The maximum atomic E-state index is 13.9. The molecule has 1 fully saturated rings. The van der Waals surface area contributed by atoms with E-state index in [-0.39, 0.29) is 24.3 Å². The van der Waals surface area contributed by atoms with Crippen LogP contribution < -0.4 is 5.32 Å². The normalized spacial score (nSPS) is 14.7. The maximum Gasteiger partial charge on any atom is 0.243 e. The molecule has 2 amide bonds. The Labute approximate surface area is 215 Å². The first kappa shape index (κ1) is 25.7. The maximum absolute atomic E-state index is 13.9. The van der Waals surface area contributed by atoms with Crippen molar-refractivity contribution in [1.29, 1.82) is 0 Å². The zero-order valence-corrected chi connectivity index (χ0v) is 21.6. The molecule has 0 aromatic heterocycles. The Morgan fingerprint density at radius 1 is 0.833 bits per heavy atom. The van der Waals surface area contributed by atoms with Crippen molar-refractivity contribution in [2.75, 3.05) is 0 Å². The Kier molecular flexibility index (Phi) is 8.94. The summed E-state index contributed by atoms with van der Waals surface area (Å²) < 4.78 is 0. The fourth-order valence-corrected chi connectivity index (χ4v) is 5.05. The molecular formula is C32H38N2O2. The Hall–Kier alpha value is -3.40. The van der Waals surface area contributed by atoms with Gasteiger partial charge in [-0.25, -0.2) is 0 Å². The Bertz CT molecular complexity index is 1130. The van der Waals surface area contributed by atoms with E-state index < -0.39 is 6.04 Å². The first-order valence-corrected chi connectivity index (χ1v) is 13.2. The molecule has 4 rings (SSSR count). The van der Waals surface area contributed by atoms with Gasteiger partial charge in [-0.1, -0.05) is 104 Å². The summed E-state index contributed by atoms with van der Waals surface area (Å²) in [6, 6.07) is 25.9. The van der Waals surface area contributed by atoms with E-state index in [0.717, 1.165) is 53.5 Å². The van der Waals surface area contributed by atoms with Crippen LogP contribution in [-0.4, -0.2) is 28.8 Å². The van der Waals surface area contributed by atoms with Crippen molar-refractivity contribution in [2.24, 2.45) is 0 Å². The molecule has 3 aromatic rings. The van der Waals surface area contributed by atoms with Crippen LogP contribution in [0.25, 0.3) is 0 Å². The standard InChI is InChI=1S/C32H38N2O2/c1-24-17-19-27(20-18-24)22-31(35)34(23-28-14-10-9-11-25(28)2)30(21-26-12-5-3-6-13-26)32(36)33-29-15-7-4-8-16-29/h3,5-6,9-14,17-20,29-30H,4,7-8,15-16,21-23H2,1-2H3,(H,33,36)/t30-/m0/s1. The summed E-state index contributed by atoms with van der Waals surface area (Å²) in [6.45, 7) is 4.51. The highest BCUT2D eigenvalue weighted by molar-refractivity contribution is 5.89. The van der Waals surface area contributed by atoms with Crippen LogP contribution in [0.15, 0.2) is 78.9 Å². The lowest BCUT2D eigenvalue weighted by Crippen LogP contribution is -2.53. The fourth-order valence-electron chi connectivity index (χ4n) is 5.05. The SMILES string of the molecule is Cc1ccc(CC(=O)N(Cc2ccccc2C)[C@@H](Cc2ccccc2)C(=O)NC2CCCCC2)cc1. The van der Waals surface area contributed by atoms with Crippen LogP contribution in [0.5, 0.6) is 0 Å². The second kappa shape index (κ2) is 12.5. The van der Waals surface area contributed by atoms with E-state index in [2.05, 4.69) is 24.4 Å². The van der Waals surface area contributed by atoms with Crippen molar-refractivity contribution in [2.45, 2.75) is 77.4 Å². The molecule has 0 aliphatic heterocycles. The average Bonchev–Trinajstić information content (AvgIpc) is 2.89. The van der Waals surface area contributed by atoms with Gasteiger partial charge < -0.3 is 10.2 Å². The molecule has 1 atom stereocenters. The van der Waals surface area contributed by atoms with E-state index in [0.29, 0.717) is 13.0 Å². The first-order valence-electron chi connectivity index (χ1n) is 13.2. The molecule has 0 unspecified atom stereocenters. The highest BCUT2D eigenvalue weighted by Gasteiger charge is 2.32. The quantitative estimate of drug-likeness (QED) is 0.411. The summed E-state index contributed by atoms with van der Waals surface area (Å²) >= 11 is 0. The highest BCUT2D eigenvalue weighted by Crippen LogP contribution is 2.21. The predicted octanol–water partition coefficient (Wildman–Crippen LogP) is 5.93. The third kappa shape index (κ3) is 7.07. The molecule has 1 N–H and O–H groups in total. The van der Waals surface area contributed by atoms with E-state index in [1.807, 2.05) is 78.6 Å². The number of hydrogen-bond acceptors (Lipinski definition) is 2. The monoisotopic (exact) mass is 482 g/mol. The van der Waals surface area contributed by atoms with Gasteiger partial charge in [-0.05, 0) is 48.9 Å². The Morgan fingerprint density at radius 2 is 1.50 bits per heavy atom. The average molecular weight is 483 g/mol. The van der Waals surface area contributed by atoms with Crippen molar-refractivity contribution < 1.29 is 9.59 Å². The van der Waals surface area contributed by atoms with Crippen LogP contribution in [-0.2, 0) is 29.0 Å². The topological polar surface area (TPSA) is 49.4 Å². The summed E-state index contributed by atoms with van der Waals surface area (Å²) in [4.78, 5) is 29.5. The Morgan fingerprint density at radius 3 is 2.19 bits per heavy atom. The van der Waals surface area contributed by atoms with Crippen LogP contribution in [0.3, 0.4) is 0 Å². The number of carbonyl (C=O) groups is 2. The number of aryl methyl sites for hydroxylation is 2. The van der Waals surface area contributed by atoms with E-state index in [1.165, 1.54) is 6.42 Å². The molecule has 4 nitrogen and oxygen atoms in total. The number of carbonyl (C=O) groups excluding carboxylic acids is 2. The summed E-state index contributed by atoms with van der Waals surface area (Å²) in [5.41, 5.74) is 5.37. The van der Waals surface area contributed by atoms with E-state index >= 15 is 0 Å². The first-order chi connectivity index (χ1) is 17.5. The van der Waals surface area contributed by atoms with E-state index in [4.69, 9.17) is 0 Å². The molecular weight excluding hydrogens is 444 g/mol. The van der Waals surface area contributed by atoms with Gasteiger partial charge >= 0.3 is 0 Å². The van der Waals surface area contributed by atoms with Crippen molar-refractivity contribution in [1.82, 2.24) is 10.2 Å².